The molecular formula is C19H24N2OSSi. The fraction of sp³-hybridized carbons (Fsp3) is 0.316. The standard InChI is InChI=1S/C19H24N2OSSi/c1-24(2,3)14-13-22-15-21-18-12-8-7-11-17(18)19(20-21)23-16-9-5-4-6-10-16/h4-12H,13-15H2,1-3H3. The van der Waals surface area contributed by atoms with Gasteiger partial charge in [-0.05, 0) is 24.2 Å². The lowest BCUT2D eigenvalue weighted by Crippen LogP contribution is -2.22. The summed E-state index contributed by atoms with van der Waals surface area (Å²) in [6, 6.07) is 19.9. The minimum absolute atomic E-state index is 0.514. The lowest BCUT2D eigenvalue weighted by molar-refractivity contribution is 0.0808. The molecule has 0 unspecified atom stereocenters. The molecule has 1 aromatic heterocycles. The van der Waals surface area contributed by atoms with Crippen LogP contribution in [0.5, 0.6) is 0 Å². The van der Waals surface area contributed by atoms with E-state index in [1.54, 1.807) is 11.8 Å². The molecule has 0 atom stereocenters. The summed E-state index contributed by atoms with van der Waals surface area (Å²) in [6.07, 6.45) is 0. The first-order valence-electron chi connectivity index (χ1n) is 8.29. The normalized spacial score (nSPS) is 12.0. The van der Waals surface area contributed by atoms with Crippen LogP contribution in [-0.4, -0.2) is 24.5 Å². The molecule has 0 radical (unpaired) electrons. The Kier molecular flexibility index (Phi) is 5.43. The zero-order valence-electron chi connectivity index (χ0n) is 14.5. The third-order valence-electron chi connectivity index (χ3n) is 3.79. The number of rotatable bonds is 7. The minimum Gasteiger partial charge on any atom is -0.360 e. The van der Waals surface area contributed by atoms with E-state index in [1.807, 2.05) is 10.7 Å². The van der Waals surface area contributed by atoms with Crippen molar-refractivity contribution in [2.45, 2.75) is 42.3 Å². The Balaban J connectivity index is 1.76. The van der Waals surface area contributed by atoms with E-state index in [2.05, 4.69) is 68.2 Å². The van der Waals surface area contributed by atoms with Gasteiger partial charge >= 0.3 is 0 Å². The summed E-state index contributed by atoms with van der Waals surface area (Å²) < 4.78 is 7.87. The molecule has 0 saturated carbocycles. The average molecular weight is 357 g/mol. The maximum atomic E-state index is 5.89. The van der Waals surface area contributed by atoms with E-state index in [-0.39, 0.29) is 0 Å². The SMILES string of the molecule is C[Si](C)(C)CCOCn1nc(Sc2ccccc2)c2ccccc21. The van der Waals surface area contributed by atoms with Gasteiger partial charge in [0.25, 0.3) is 0 Å². The van der Waals surface area contributed by atoms with E-state index in [0.29, 0.717) is 6.73 Å². The molecule has 3 nitrogen and oxygen atoms in total. The predicted octanol–water partition coefficient (Wildman–Crippen LogP) is 5.50. The van der Waals surface area contributed by atoms with Crippen molar-refractivity contribution >= 4 is 30.7 Å². The Morgan fingerprint density at radius 1 is 1.00 bits per heavy atom. The maximum absolute atomic E-state index is 5.89. The van der Waals surface area contributed by atoms with Crippen molar-refractivity contribution in [1.82, 2.24) is 9.78 Å². The van der Waals surface area contributed by atoms with Crippen LogP contribution in [0.15, 0.2) is 64.5 Å². The molecule has 0 spiro atoms. The topological polar surface area (TPSA) is 27.1 Å². The fourth-order valence-corrected chi connectivity index (χ4v) is 4.10. The van der Waals surface area contributed by atoms with Gasteiger partial charge in [-0.2, -0.15) is 5.10 Å². The molecule has 24 heavy (non-hydrogen) atoms. The fourth-order valence-electron chi connectivity index (χ4n) is 2.40. The van der Waals surface area contributed by atoms with Crippen LogP contribution in [0, 0.1) is 0 Å². The largest absolute Gasteiger partial charge is 0.360 e. The molecule has 2 aromatic carbocycles. The molecule has 0 saturated heterocycles. The van der Waals surface area contributed by atoms with Crippen molar-refractivity contribution in [2.75, 3.05) is 6.61 Å². The van der Waals surface area contributed by atoms with E-state index < -0.39 is 8.07 Å². The molecule has 0 N–H and O–H groups in total. The lowest BCUT2D eigenvalue weighted by Gasteiger charge is -2.15. The van der Waals surface area contributed by atoms with E-state index >= 15 is 0 Å². The smallest absolute Gasteiger partial charge is 0.140 e. The van der Waals surface area contributed by atoms with Gasteiger partial charge in [-0.15, -0.1) is 0 Å². The third kappa shape index (κ3) is 4.50. The van der Waals surface area contributed by atoms with Crippen LogP contribution >= 0.6 is 11.8 Å². The third-order valence-corrected chi connectivity index (χ3v) is 6.50. The quantitative estimate of drug-likeness (QED) is 0.413. The number of hydrogen-bond donors (Lipinski definition) is 0. The summed E-state index contributed by atoms with van der Waals surface area (Å²) in [4.78, 5) is 1.20. The first-order chi connectivity index (χ1) is 11.5. The van der Waals surface area contributed by atoms with Gasteiger partial charge in [-0.3, -0.25) is 0 Å². The molecule has 0 amide bonds. The van der Waals surface area contributed by atoms with Gasteiger partial charge in [0, 0.05) is 25.0 Å². The maximum Gasteiger partial charge on any atom is 0.140 e. The van der Waals surface area contributed by atoms with Gasteiger partial charge in [0.2, 0.25) is 0 Å². The van der Waals surface area contributed by atoms with Crippen LogP contribution in [0.2, 0.25) is 25.7 Å². The molecule has 0 bridgehead atoms. The van der Waals surface area contributed by atoms with Crippen molar-refractivity contribution in [3.8, 4) is 0 Å². The Morgan fingerprint density at radius 3 is 2.46 bits per heavy atom. The van der Waals surface area contributed by atoms with Gasteiger partial charge in [0.15, 0.2) is 0 Å². The van der Waals surface area contributed by atoms with Crippen LogP contribution in [0.25, 0.3) is 10.9 Å². The van der Waals surface area contributed by atoms with E-state index in [0.717, 1.165) is 17.1 Å². The van der Waals surface area contributed by atoms with Crippen LogP contribution < -0.4 is 0 Å². The molecule has 3 aromatic rings. The molecule has 0 aliphatic heterocycles. The van der Waals surface area contributed by atoms with Gasteiger partial charge < -0.3 is 4.74 Å². The molecule has 5 heteroatoms. The number of benzene rings is 2. The molecule has 0 fully saturated rings. The Morgan fingerprint density at radius 2 is 1.71 bits per heavy atom. The highest BCUT2D eigenvalue weighted by Gasteiger charge is 2.14. The summed E-state index contributed by atoms with van der Waals surface area (Å²) in [5.41, 5.74) is 1.13. The molecular weight excluding hydrogens is 332 g/mol. The Hall–Kier alpha value is -1.56. The predicted molar refractivity (Wildman–Crippen MR) is 104 cm³/mol. The number of ether oxygens (including phenoxy) is 1. The van der Waals surface area contributed by atoms with Gasteiger partial charge in [0.05, 0.1) is 5.52 Å². The summed E-state index contributed by atoms with van der Waals surface area (Å²) in [6.45, 7) is 8.43. The second-order valence-electron chi connectivity index (χ2n) is 7.08. The number of aromatic nitrogens is 2. The number of hydrogen-bond acceptors (Lipinski definition) is 3. The first-order valence-corrected chi connectivity index (χ1v) is 12.8. The Bertz CT molecular complexity index is 796. The highest BCUT2D eigenvalue weighted by atomic mass is 32.2. The lowest BCUT2D eigenvalue weighted by atomic mass is 10.3. The summed E-state index contributed by atoms with van der Waals surface area (Å²) in [7, 11) is -1.05. The second-order valence-corrected chi connectivity index (χ2v) is 13.8. The second kappa shape index (κ2) is 7.55. The number of nitrogens with zero attached hydrogens (tertiary/aromatic N) is 2. The van der Waals surface area contributed by atoms with E-state index in [1.165, 1.54) is 16.3 Å². The summed E-state index contributed by atoms with van der Waals surface area (Å²) in [5.74, 6) is 0. The van der Waals surface area contributed by atoms with Crippen LogP contribution in [0.4, 0.5) is 0 Å². The van der Waals surface area contributed by atoms with Gasteiger partial charge in [-0.1, -0.05) is 67.8 Å². The van der Waals surface area contributed by atoms with Gasteiger partial charge in [0.1, 0.15) is 11.8 Å². The average Bonchev–Trinajstić information content (AvgIpc) is 2.90. The number of fused-ring (bicyclic) bond motifs is 1. The van der Waals surface area contributed by atoms with Crippen LogP contribution in [0.3, 0.4) is 0 Å². The van der Waals surface area contributed by atoms with Crippen LogP contribution in [0.1, 0.15) is 0 Å². The summed E-state index contributed by atoms with van der Waals surface area (Å²) >= 11 is 1.70. The van der Waals surface area contributed by atoms with Crippen molar-refractivity contribution in [3.63, 3.8) is 0 Å². The molecule has 0 aliphatic rings. The van der Waals surface area contributed by atoms with Crippen molar-refractivity contribution in [1.29, 1.82) is 0 Å². The van der Waals surface area contributed by atoms with Crippen molar-refractivity contribution in [3.05, 3.63) is 54.6 Å². The number of para-hydroxylation sites is 1. The first kappa shape index (κ1) is 17.3. The molecule has 0 aliphatic carbocycles. The van der Waals surface area contributed by atoms with E-state index in [4.69, 9.17) is 9.84 Å². The van der Waals surface area contributed by atoms with E-state index in [9.17, 15) is 0 Å². The summed E-state index contributed by atoms with van der Waals surface area (Å²) in [5, 5.41) is 7.00. The molecule has 3 rings (SSSR count). The molecule has 126 valence electrons. The Labute approximate surface area is 149 Å². The zero-order valence-corrected chi connectivity index (χ0v) is 16.3. The van der Waals surface area contributed by atoms with Gasteiger partial charge in [-0.25, -0.2) is 4.68 Å². The molecule has 1 heterocycles. The van der Waals surface area contributed by atoms with Crippen molar-refractivity contribution < 1.29 is 4.74 Å². The highest BCUT2D eigenvalue weighted by molar-refractivity contribution is 7.99. The van der Waals surface area contributed by atoms with Crippen molar-refractivity contribution in [2.24, 2.45) is 0 Å². The highest BCUT2D eigenvalue weighted by Crippen LogP contribution is 2.32. The zero-order chi connectivity index (χ0) is 17.0. The minimum atomic E-state index is -1.05. The monoisotopic (exact) mass is 356 g/mol. The van der Waals surface area contributed by atoms with Crippen LogP contribution in [-0.2, 0) is 11.5 Å².